The maximum atomic E-state index is 13.1. The molecule has 29 heavy (non-hydrogen) atoms. The van der Waals surface area contributed by atoms with Gasteiger partial charge >= 0.3 is 0 Å². The summed E-state index contributed by atoms with van der Waals surface area (Å²) < 4.78 is 25.6. The van der Waals surface area contributed by atoms with E-state index in [4.69, 9.17) is 0 Å². The van der Waals surface area contributed by atoms with Crippen molar-refractivity contribution in [2.24, 2.45) is 5.10 Å². The first-order valence-corrected chi connectivity index (χ1v) is 12.5. The van der Waals surface area contributed by atoms with E-state index in [1.54, 1.807) is 40.6 Å². The third-order valence-corrected chi connectivity index (χ3v) is 7.14. The lowest BCUT2D eigenvalue weighted by atomic mass is 10.0. The third kappa shape index (κ3) is 4.26. The van der Waals surface area contributed by atoms with Crippen molar-refractivity contribution >= 4 is 50.0 Å². The second-order valence-electron chi connectivity index (χ2n) is 6.82. The van der Waals surface area contributed by atoms with Crippen LogP contribution in [0.1, 0.15) is 38.1 Å². The summed E-state index contributed by atoms with van der Waals surface area (Å²) in [5.74, 6) is -0.127. The molecule has 0 fully saturated rings. The van der Waals surface area contributed by atoms with E-state index in [1.807, 2.05) is 35.9 Å². The average Bonchev–Trinajstić information content (AvgIpc) is 3.40. The van der Waals surface area contributed by atoms with Gasteiger partial charge in [0, 0.05) is 17.0 Å². The van der Waals surface area contributed by atoms with Gasteiger partial charge in [-0.3, -0.25) is 9.52 Å². The zero-order valence-electron chi connectivity index (χ0n) is 15.8. The largest absolute Gasteiger partial charge is 0.284 e. The van der Waals surface area contributed by atoms with Crippen LogP contribution in [0.3, 0.4) is 0 Å². The minimum absolute atomic E-state index is 0.127. The Morgan fingerprint density at radius 3 is 2.66 bits per heavy atom. The highest BCUT2D eigenvalue weighted by Crippen LogP contribution is 2.38. The highest BCUT2D eigenvalue weighted by atomic mass is 32.2. The summed E-state index contributed by atoms with van der Waals surface area (Å²) >= 11 is 3.01. The molecule has 0 saturated carbocycles. The summed E-state index contributed by atoms with van der Waals surface area (Å²) in [7, 11) is -3.37. The van der Waals surface area contributed by atoms with Gasteiger partial charge in [-0.2, -0.15) is 5.10 Å². The molecule has 0 saturated heterocycles. The number of amides is 1. The van der Waals surface area contributed by atoms with Gasteiger partial charge in [0.2, 0.25) is 10.0 Å². The fourth-order valence-electron chi connectivity index (χ4n) is 3.29. The summed E-state index contributed by atoms with van der Waals surface area (Å²) in [5, 5.41) is 10.1. The van der Waals surface area contributed by atoms with E-state index in [0.717, 1.165) is 28.0 Å². The first kappa shape index (κ1) is 19.8. The summed E-state index contributed by atoms with van der Waals surface area (Å²) in [6.45, 7) is 2.04. The Kier molecular flexibility index (Phi) is 5.28. The number of nitrogens with one attached hydrogen (secondary N) is 1. The number of rotatable bonds is 5. The number of hydrazone groups is 1. The van der Waals surface area contributed by atoms with Crippen LogP contribution in [0.4, 0.5) is 5.69 Å². The second kappa shape index (κ2) is 7.74. The number of benzene rings is 1. The molecule has 2 aromatic heterocycles. The van der Waals surface area contributed by atoms with Crippen LogP contribution < -0.4 is 4.72 Å². The van der Waals surface area contributed by atoms with E-state index in [1.165, 1.54) is 11.3 Å². The van der Waals surface area contributed by atoms with Gasteiger partial charge in [0.1, 0.15) is 0 Å². The van der Waals surface area contributed by atoms with Crippen molar-refractivity contribution < 1.29 is 13.2 Å². The molecule has 3 aromatic rings. The van der Waals surface area contributed by atoms with Crippen LogP contribution in [0.5, 0.6) is 0 Å². The van der Waals surface area contributed by atoms with Crippen LogP contribution in [0.25, 0.3) is 0 Å². The SMILES string of the molecule is Cc1ccsc1[C@H]1CC(c2cccc(NS(C)(=O)=O)c2)=NN1C(=O)c1cccs1. The van der Waals surface area contributed by atoms with Crippen LogP contribution in [0, 0.1) is 6.92 Å². The second-order valence-corrected chi connectivity index (χ2v) is 10.5. The van der Waals surface area contributed by atoms with Gasteiger partial charge in [-0.1, -0.05) is 18.2 Å². The summed E-state index contributed by atoms with van der Waals surface area (Å²) in [6, 6.07) is 12.6. The maximum Gasteiger partial charge on any atom is 0.284 e. The minimum atomic E-state index is -3.37. The van der Waals surface area contributed by atoms with E-state index in [-0.39, 0.29) is 11.9 Å². The average molecular weight is 446 g/mol. The molecule has 1 atom stereocenters. The molecule has 6 nitrogen and oxygen atoms in total. The zero-order valence-corrected chi connectivity index (χ0v) is 18.3. The number of hydrogen-bond donors (Lipinski definition) is 1. The molecular weight excluding hydrogens is 426 g/mol. The maximum absolute atomic E-state index is 13.1. The van der Waals surface area contributed by atoms with Crippen molar-refractivity contribution in [2.45, 2.75) is 19.4 Å². The number of carbonyl (C=O) groups is 1. The van der Waals surface area contributed by atoms with E-state index in [9.17, 15) is 13.2 Å². The van der Waals surface area contributed by atoms with Gasteiger partial charge in [-0.05, 0) is 53.1 Å². The van der Waals surface area contributed by atoms with E-state index >= 15 is 0 Å². The Morgan fingerprint density at radius 1 is 1.17 bits per heavy atom. The molecule has 4 rings (SSSR count). The molecule has 1 aromatic carbocycles. The van der Waals surface area contributed by atoms with E-state index in [0.29, 0.717) is 17.0 Å². The highest BCUT2D eigenvalue weighted by molar-refractivity contribution is 7.92. The fraction of sp³-hybridized carbons (Fsp3) is 0.200. The molecule has 0 spiro atoms. The standard InChI is InChI=1S/C20H19N3O3S3/c1-13-8-10-28-19(13)17-12-16(21-23(17)20(24)18-7-4-9-27-18)14-5-3-6-15(11-14)22-29(2,25)26/h3-11,17,22H,12H2,1-2H3/t17-/m1/s1. The molecular formula is C20H19N3O3S3. The highest BCUT2D eigenvalue weighted by Gasteiger charge is 2.35. The molecule has 1 aliphatic heterocycles. The van der Waals surface area contributed by atoms with Gasteiger partial charge in [-0.25, -0.2) is 13.4 Å². The van der Waals surface area contributed by atoms with Crippen molar-refractivity contribution in [2.75, 3.05) is 11.0 Å². The summed E-state index contributed by atoms with van der Waals surface area (Å²) in [6.07, 6.45) is 1.69. The monoisotopic (exact) mass is 445 g/mol. The van der Waals surface area contributed by atoms with Crippen LogP contribution >= 0.6 is 22.7 Å². The predicted octanol–water partition coefficient (Wildman–Crippen LogP) is 4.48. The number of anilines is 1. The number of thiophene rings is 2. The number of hydrogen-bond acceptors (Lipinski definition) is 6. The van der Waals surface area contributed by atoms with Gasteiger partial charge in [0.05, 0.1) is 22.9 Å². The number of sulfonamides is 1. The third-order valence-electron chi connectivity index (χ3n) is 4.55. The summed E-state index contributed by atoms with van der Waals surface area (Å²) in [5.41, 5.74) is 3.15. The molecule has 0 radical (unpaired) electrons. The van der Waals surface area contributed by atoms with Crippen LogP contribution in [0.15, 0.2) is 58.3 Å². The Morgan fingerprint density at radius 2 is 2.00 bits per heavy atom. The van der Waals surface area contributed by atoms with Crippen molar-refractivity contribution in [1.29, 1.82) is 0 Å². The lowest BCUT2D eigenvalue weighted by Crippen LogP contribution is -2.26. The summed E-state index contributed by atoms with van der Waals surface area (Å²) in [4.78, 5) is 14.8. The van der Waals surface area contributed by atoms with Gasteiger partial charge in [0.15, 0.2) is 0 Å². The number of carbonyl (C=O) groups excluding carboxylic acids is 1. The molecule has 0 bridgehead atoms. The Balaban J connectivity index is 1.71. The molecule has 0 aliphatic carbocycles. The first-order valence-electron chi connectivity index (χ1n) is 8.88. The van der Waals surface area contributed by atoms with Gasteiger partial charge < -0.3 is 0 Å². The van der Waals surface area contributed by atoms with Crippen molar-refractivity contribution in [3.05, 3.63) is 74.1 Å². The first-order chi connectivity index (χ1) is 13.8. The molecule has 3 heterocycles. The van der Waals surface area contributed by atoms with Crippen LogP contribution in [-0.4, -0.2) is 31.3 Å². The smallest absolute Gasteiger partial charge is 0.284 e. The minimum Gasteiger partial charge on any atom is -0.284 e. The Hall–Kier alpha value is -2.49. The number of nitrogens with zero attached hydrogens (tertiary/aromatic N) is 2. The lowest BCUT2D eigenvalue weighted by Gasteiger charge is -2.20. The van der Waals surface area contributed by atoms with Crippen LogP contribution in [0.2, 0.25) is 0 Å². The molecule has 0 unspecified atom stereocenters. The molecule has 150 valence electrons. The number of aryl methyl sites for hydroxylation is 1. The molecule has 1 aliphatic rings. The van der Waals surface area contributed by atoms with Gasteiger partial charge in [0.25, 0.3) is 5.91 Å². The van der Waals surface area contributed by atoms with E-state index < -0.39 is 10.0 Å². The van der Waals surface area contributed by atoms with Gasteiger partial charge in [-0.15, -0.1) is 22.7 Å². The Labute approximate surface area is 177 Å². The molecule has 9 heteroatoms. The fourth-order valence-corrected chi connectivity index (χ4v) is 5.52. The van der Waals surface area contributed by atoms with Crippen molar-refractivity contribution in [3.8, 4) is 0 Å². The Bertz CT molecular complexity index is 1180. The zero-order chi connectivity index (χ0) is 20.6. The topological polar surface area (TPSA) is 78.8 Å². The van der Waals surface area contributed by atoms with Crippen molar-refractivity contribution in [3.63, 3.8) is 0 Å². The lowest BCUT2D eigenvalue weighted by molar-refractivity contribution is 0.0718. The van der Waals surface area contributed by atoms with Crippen molar-refractivity contribution in [1.82, 2.24) is 5.01 Å². The quantitative estimate of drug-likeness (QED) is 0.629. The normalized spacial score (nSPS) is 16.7. The van der Waals surface area contributed by atoms with Crippen LogP contribution in [-0.2, 0) is 10.0 Å². The molecule has 1 amide bonds. The predicted molar refractivity (Wildman–Crippen MR) is 118 cm³/mol. The molecule has 1 N–H and O–H groups in total. The van der Waals surface area contributed by atoms with E-state index in [2.05, 4.69) is 9.82 Å².